The van der Waals surface area contributed by atoms with E-state index in [9.17, 15) is 0 Å². The molecular weight excluding hydrogens is 310 g/mol. The number of hydrogen-bond donors (Lipinski definition) is 1. The summed E-state index contributed by atoms with van der Waals surface area (Å²) in [5, 5.41) is 0. The van der Waals surface area contributed by atoms with Crippen LogP contribution in [0, 0.1) is 0 Å². The van der Waals surface area contributed by atoms with Crippen LogP contribution in [0.25, 0.3) is 11.3 Å². The van der Waals surface area contributed by atoms with Crippen molar-refractivity contribution in [1.82, 2.24) is 9.97 Å². The minimum absolute atomic E-state index is 0.392. The number of nitrogen functional groups attached to an aromatic ring is 1. The lowest BCUT2D eigenvalue weighted by Gasteiger charge is -2.12. The Bertz CT molecular complexity index is 619. The van der Waals surface area contributed by atoms with Gasteiger partial charge in [-0.2, -0.15) is 0 Å². The van der Waals surface area contributed by atoms with E-state index < -0.39 is 0 Å². The number of aromatic nitrogens is 2. The van der Waals surface area contributed by atoms with Gasteiger partial charge < -0.3 is 15.2 Å². The largest absolute Gasteiger partial charge is 0.489 e. The number of hydrogen-bond acceptors (Lipinski definition) is 5. The van der Waals surface area contributed by atoms with E-state index in [1.165, 1.54) is 0 Å². The number of benzene rings is 1. The molecule has 5 nitrogen and oxygen atoms in total. The monoisotopic (exact) mass is 321 g/mol. The Labute approximate surface area is 118 Å². The fourth-order valence-corrected chi connectivity index (χ4v) is 2.50. The van der Waals surface area contributed by atoms with Crippen LogP contribution in [0.15, 0.2) is 29.0 Å². The SMILES string of the molecule is Nc1nccnc1-c1cc(Br)c2c(c1)OCCCO2. The van der Waals surface area contributed by atoms with E-state index in [1.807, 2.05) is 12.1 Å². The van der Waals surface area contributed by atoms with E-state index >= 15 is 0 Å². The molecule has 0 amide bonds. The number of halogens is 1. The van der Waals surface area contributed by atoms with Crippen molar-refractivity contribution >= 4 is 21.7 Å². The van der Waals surface area contributed by atoms with Crippen molar-refractivity contribution < 1.29 is 9.47 Å². The van der Waals surface area contributed by atoms with E-state index in [4.69, 9.17) is 15.2 Å². The quantitative estimate of drug-likeness (QED) is 0.874. The number of fused-ring (bicyclic) bond motifs is 1. The van der Waals surface area contributed by atoms with E-state index in [-0.39, 0.29) is 0 Å². The zero-order valence-corrected chi connectivity index (χ0v) is 11.7. The van der Waals surface area contributed by atoms with Gasteiger partial charge in [0.1, 0.15) is 11.5 Å². The van der Waals surface area contributed by atoms with Crippen molar-refractivity contribution in [3.63, 3.8) is 0 Å². The van der Waals surface area contributed by atoms with Gasteiger partial charge in [0.15, 0.2) is 11.5 Å². The zero-order valence-electron chi connectivity index (χ0n) is 10.1. The van der Waals surface area contributed by atoms with Crippen LogP contribution in [0.3, 0.4) is 0 Å². The first-order chi connectivity index (χ1) is 9.25. The van der Waals surface area contributed by atoms with Crippen LogP contribution in [0.4, 0.5) is 5.82 Å². The van der Waals surface area contributed by atoms with Crippen LogP contribution in [-0.4, -0.2) is 23.2 Å². The van der Waals surface area contributed by atoms with Gasteiger partial charge in [-0.1, -0.05) is 0 Å². The fraction of sp³-hybridized carbons (Fsp3) is 0.231. The number of ether oxygens (including phenoxy) is 2. The molecule has 0 saturated carbocycles. The average Bonchev–Trinajstić information content (AvgIpc) is 2.65. The van der Waals surface area contributed by atoms with Crippen molar-refractivity contribution in [2.24, 2.45) is 0 Å². The topological polar surface area (TPSA) is 70.3 Å². The Kier molecular flexibility index (Phi) is 3.25. The summed E-state index contributed by atoms with van der Waals surface area (Å²) in [6, 6.07) is 3.79. The van der Waals surface area contributed by atoms with Crippen molar-refractivity contribution in [3.8, 4) is 22.8 Å². The minimum Gasteiger partial charge on any atom is -0.489 e. The summed E-state index contributed by atoms with van der Waals surface area (Å²) >= 11 is 3.50. The average molecular weight is 322 g/mol. The molecule has 0 saturated heterocycles. The molecule has 19 heavy (non-hydrogen) atoms. The third-order valence-electron chi connectivity index (χ3n) is 2.80. The molecule has 0 atom stereocenters. The number of rotatable bonds is 1. The van der Waals surface area contributed by atoms with E-state index in [1.54, 1.807) is 12.4 Å². The lowest BCUT2D eigenvalue weighted by Crippen LogP contribution is -1.98. The molecule has 0 bridgehead atoms. The molecule has 1 aliphatic rings. The van der Waals surface area contributed by atoms with Crippen molar-refractivity contribution in [2.45, 2.75) is 6.42 Å². The second-order valence-corrected chi connectivity index (χ2v) is 4.98. The van der Waals surface area contributed by atoms with Crippen LogP contribution < -0.4 is 15.2 Å². The van der Waals surface area contributed by atoms with Gasteiger partial charge in [-0.05, 0) is 28.1 Å². The van der Waals surface area contributed by atoms with Gasteiger partial charge in [0, 0.05) is 24.4 Å². The third-order valence-corrected chi connectivity index (χ3v) is 3.39. The molecule has 1 aliphatic heterocycles. The summed E-state index contributed by atoms with van der Waals surface area (Å²) in [6.45, 7) is 1.29. The summed E-state index contributed by atoms with van der Waals surface area (Å²) in [7, 11) is 0. The number of nitrogens with two attached hydrogens (primary N) is 1. The molecule has 1 aromatic heterocycles. The Hall–Kier alpha value is -1.82. The normalized spacial score (nSPS) is 13.9. The Morgan fingerprint density at radius 3 is 2.74 bits per heavy atom. The van der Waals surface area contributed by atoms with Gasteiger partial charge in [0.05, 0.1) is 17.7 Å². The predicted octanol–water partition coefficient (Wildman–Crippen LogP) is 2.65. The summed E-state index contributed by atoms with van der Waals surface area (Å²) in [4.78, 5) is 8.30. The Balaban J connectivity index is 2.12. The molecule has 6 heteroatoms. The van der Waals surface area contributed by atoms with Crippen LogP contribution in [-0.2, 0) is 0 Å². The Morgan fingerprint density at radius 2 is 1.89 bits per heavy atom. The molecule has 0 unspecified atom stereocenters. The van der Waals surface area contributed by atoms with Crippen LogP contribution in [0.1, 0.15) is 6.42 Å². The molecule has 0 aliphatic carbocycles. The Morgan fingerprint density at radius 1 is 1.11 bits per heavy atom. The highest BCUT2D eigenvalue weighted by atomic mass is 79.9. The van der Waals surface area contributed by atoms with Gasteiger partial charge in [0.25, 0.3) is 0 Å². The van der Waals surface area contributed by atoms with Gasteiger partial charge in [-0.15, -0.1) is 0 Å². The first-order valence-corrected chi connectivity index (χ1v) is 6.71. The van der Waals surface area contributed by atoms with Gasteiger partial charge in [-0.3, -0.25) is 4.98 Å². The molecule has 98 valence electrons. The van der Waals surface area contributed by atoms with E-state index in [0.29, 0.717) is 30.5 Å². The lowest BCUT2D eigenvalue weighted by molar-refractivity contribution is 0.296. The molecule has 0 spiro atoms. The number of anilines is 1. The zero-order chi connectivity index (χ0) is 13.2. The predicted molar refractivity (Wildman–Crippen MR) is 75.2 cm³/mol. The summed E-state index contributed by atoms with van der Waals surface area (Å²) in [5.74, 6) is 1.82. The smallest absolute Gasteiger partial charge is 0.175 e. The summed E-state index contributed by atoms with van der Waals surface area (Å²) < 4.78 is 12.2. The van der Waals surface area contributed by atoms with E-state index in [2.05, 4.69) is 25.9 Å². The van der Waals surface area contributed by atoms with Gasteiger partial charge >= 0.3 is 0 Å². The van der Waals surface area contributed by atoms with Crippen molar-refractivity contribution in [2.75, 3.05) is 18.9 Å². The summed E-state index contributed by atoms with van der Waals surface area (Å²) in [6.07, 6.45) is 4.04. The molecule has 0 fully saturated rings. The van der Waals surface area contributed by atoms with Crippen molar-refractivity contribution in [1.29, 1.82) is 0 Å². The number of nitrogens with zero attached hydrogens (tertiary/aromatic N) is 2. The maximum atomic E-state index is 5.85. The highest BCUT2D eigenvalue weighted by Crippen LogP contribution is 2.41. The van der Waals surface area contributed by atoms with E-state index in [0.717, 1.165) is 22.2 Å². The molecular formula is C13H12BrN3O2. The lowest BCUT2D eigenvalue weighted by atomic mass is 10.1. The minimum atomic E-state index is 0.392. The maximum absolute atomic E-state index is 5.85. The summed E-state index contributed by atoms with van der Waals surface area (Å²) in [5.41, 5.74) is 7.34. The van der Waals surface area contributed by atoms with Crippen LogP contribution in [0.5, 0.6) is 11.5 Å². The highest BCUT2D eigenvalue weighted by Gasteiger charge is 2.17. The second-order valence-electron chi connectivity index (χ2n) is 4.13. The second kappa shape index (κ2) is 5.05. The third kappa shape index (κ3) is 2.35. The fourth-order valence-electron chi connectivity index (χ4n) is 1.94. The molecule has 2 heterocycles. The standard InChI is InChI=1S/C13H12BrN3O2/c14-9-6-8(11-13(15)17-3-2-16-11)7-10-12(9)19-5-1-4-18-10/h2-3,6-7H,1,4-5H2,(H2,15,17). The maximum Gasteiger partial charge on any atom is 0.175 e. The molecule has 0 radical (unpaired) electrons. The first kappa shape index (κ1) is 12.2. The van der Waals surface area contributed by atoms with Gasteiger partial charge in [-0.25, -0.2) is 4.98 Å². The molecule has 1 aromatic carbocycles. The first-order valence-electron chi connectivity index (χ1n) is 5.91. The molecule has 2 N–H and O–H groups in total. The van der Waals surface area contributed by atoms with Gasteiger partial charge in [0.2, 0.25) is 0 Å². The van der Waals surface area contributed by atoms with Crippen LogP contribution in [0.2, 0.25) is 0 Å². The van der Waals surface area contributed by atoms with Crippen molar-refractivity contribution in [3.05, 3.63) is 29.0 Å². The highest BCUT2D eigenvalue weighted by molar-refractivity contribution is 9.10. The molecule has 2 aromatic rings. The molecule has 3 rings (SSSR count). The van der Waals surface area contributed by atoms with Crippen LogP contribution >= 0.6 is 15.9 Å².